The molecule has 1 heterocycles. The molecule has 0 amide bonds. The highest BCUT2D eigenvalue weighted by Gasteiger charge is 2.11. The normalized spacial score (nSPS) is 12.4. The quantitative estimate of drug-likeness (QED) is 0.729. The molecule has 1 atom stereocenters. The summed E-state index contributed by atoms with van der Waals surface area (Å²) in [7, 11) is 0. The smallest absolute Gasteiger partial charge is 0.304 e. The van der Waals surface area contributed by atoms with Crippen molar-refractivity contribution >= 4 is 5.97 Å². The zero-order chi connectivity index (χ0) is 8.97. The van der Waals surface area contributed by atoms with Crippen LogP contribution in [0.3, 0.4) is 0 Å². The standard InChI is InChI=1S/C8H10N2O2/c1-6(5-7(11)12)8-9-3-2-4-10-8/h2-4,6H,5H2,1H3,(H,11,12). The van der Waals surface area contributed by atoms with Gasteiger partial charge in [-0.3, -0.25) is 4.79 Å². The second-order valence-electron chi connectivity index (χ2n) is 2.61. The van der Waals surface area contributed by atoms with Gasteiger partial charge in [-0.05, 0) is 6.07 Å². The molecule has 0 spiro atoms. The fourth-order valence-electron chi connectivity index (χ4n) is 0.918. The third kappa shape index (κ3) is 2.30. The van der Waals surface area contributed by atoms with Crippen LogP contribution in [0.25, 0.3) is 0 Å². The molecule has 0 aliphatic carbocycles. The topological polar surface area (TPSA) is 63.1 Å². The molecule has 12 heavy (non-hydrogen) atoms. The van der Waals surface area contributed by atoms with E-state index in [0.717, 1.165) is 0 Å². The SMILES string of the molecule is CC(CC(=O)O)c1ncccn1. The average molecular weight is 166 g/mol. The molecular formula is C8H10N2O2. The van der Waals surface area contributed by atoms with Gasteiger partial charge < -0.3 is 5.11 Å². The molecule has 0 aromatic carbocycles. The van der Waals surface area contributed by atoms with Crippen molar-refractivity contribution < 1.29 is 9.90 Å². The van der Waals surface area contributed by atoms with Gasteiger partial charge in [-0.25, -0.2) is 9.97 Å². The third-order valence-corrected chi connectivity index (χ3v) is 1.51. The van der Waals surface area contributed by atoms with E-state index in [1.165, 1.54) is 0 Å². The molecule has 1 aromatic rings. The third-order valence-electron chi connectivity index (χ3n) is 1.51. The minimum absolute atomic E-state index is 0.0734. The number of aliphatic carboxylic acids is 1. The van der Waals surface area contributed by atoms with Gasteiger partial charge in [0, 0.05) is 18.3 Å². The van der Waals surface area contributed by atoms with Gasteiger partial charge in [0.05, 0.1) is 6.42 Å². The molecule has 1 rings (SSSR count). The highest BCUT2D eigenvalue weighted by atomic mass is 16.4. The predicted octanol–water partition coefficient (Wildman–Crippen LogP) is 1.05. The van der Waals surface area contributed by atoms with E-state index >= 15 is 0 Å². The fourth-order valence-corrected chi connectivity index (χ4v) is 0.918. The van der Waals surface area contributed by atoms with Crippen LogP contribution < -0.4 is 0 Å². The summed E-state index contributed by atoms with van der Waals surface area (Å²) >= 11 is 0. The molecule has 0 radical (unpaired) electrons. The first-order valence-electron chi connectivity index (χ1n) is 3.69. The molecule has 0 fully saturated rings. The first kappa shape index (κ1) is 8.64. The van der Waals surface area contributed by atoms with E-state index in [0.29, 0.717) is 5.82 Å². The van der Waals surface area contributed by atoms with Crippen LogP contribution >= 0.6 is 0 Å². The number of hydrogen-bond donors (Lipinski definition) is 1. The minimum atomic E-state index is -0.824. The van der Waals surface area contributed by atoms with Gasteiger partial charge in [-0.1, -0.05) is 6.92 Å². The van der Waals surface area contributed by atoms with Crippen molar-refractivity contribution in [2.75, 3.05) is 0 Å². The Morgan fingerprint density at radius 3 is 2.67 bits per heavy atom. The highest BCUT2D eigenvalue weighted by molar-refractivity contribution is 5.67. The highest BCUT2D eigenvalue weighted by Crippen LogP contribution is 2.12. The minimum Gasteiger partial charge on any atom is -0.481 e. The Kier molecular flexibility index (Phi) is 2.74. The number of nitrogens with zero attached hydrogens (tertiary/aromatic N) is 2. The zero-order valence-corrected chi connectivity index (χ0v) is 6.77. The van der Waals surface area contributed by atoms with Crippen molar-refractivity contribution in [1.29, 1.82) is 0 Å². The molecule has 0 aliphatic heterocycles. The molecular weight excluding hydrogens is 156 g/mol. The van der Waals surface area contributed by atoms with Crippen LogP contribution in [0, 0.1) is 0 Å². The Bertz CT molecular complexity index is 261. The van der Waals surface area contributed by atoms with Crippen LogP contribution in [0.15, 0.2) is 18.5 Å². The lowest BCUT2D eigenvalue weighted by atomic mass is 10.1. The second kappa shape index (κ2) is 3.80. The maximum absolute atomic E-state index is 10.3. The Labute approximate surface area is 70.3 Å². The Balaban J connectivity index is 2.65. The largest absolute Gasteiger partial charge is 0.481 e. The van der Waals surface area contributed by atoms with Crippen LogP contribution in [-0.4, -0.2) is 21.0 Å². The molecule has 0 saturated heterocycles. The number of hydrogen-bond acceptors (Lipinski definition) is 3. The summed E-state index contributed by atoms with van der Waals surface area (Å²) in [6.07, 6.45) is 3.30. The monoisotopic (exact) mass is 166 g/mol. The first-order chi connectivity index (χ1) is 5.70. The molecule has 0 saturated carbocycles. The molecule has 64 valence electrons. The molecule has 1 N–H and O–H groups in total. The number of carboxylic acids is 1. The van der Waals surface area contributed by atoms with Gasteiger partial charge in [-0.15, -0.1) is 0 Å². The summed E-state index contributed by atoms with van der Waals surface area (Å²) in [5.41, 5.74) is 0. The lowest BCUT2D eigenvalue weighted by Crippen LogP contribution is -2.05. The summed E-state index contributed by atoms with van der Waals surface area (Å²) in [6, 6.07) is 1.71. The maximum Gasteiger partial charge on any atom is 0.304 e. The van der Waals surface area contributed by atoms with Gasteiger partial charge >= 0.3 is 5.97 Å². The fraction of sp³-hybridized carbons (Fsp3) is 0.375. The lowest BCUT2D eigenvalue weighted by molar-refractivity contribution is -0.137. The van der Waals surface area contributed by atoms with Crippen molar-refractivity contribution in [3.05, 3.63) is 24.3 Å². The van der Waals surface area contributed by atoms with Gasteiger partial charge in [0.15, 0.2) is 0 Å². The first-order valence-corrected chi connectivity index (χ1v) is 3.69. The van der Waals surface area contributed by atoms with Crippen LogP contribution in [0.1, 0.15) is 25.1 Å². The van der Waals surface area contributed by atoms with Gasteiger partial charge in [-0.2, -0.15) is 0 Å². The molecule has 4 nitrogen and oxygen atoms in total. The second-order valence-corrected chi connectivity index (χ2v) is 2.61. The molecule has 1 aromatic heterocycles. The van der Waals surface area contributed by atoms with Crippen molar-refractivity contribution in [3.63, 3.8) is 0 Å². The van der Waals surface area contributed by atoms with E-state index < -0.39 is 5.97 Å². The maximum atomic E-state index is 10.3. The zero-order valence-electron chi connectivity index (χ0n) is 6.77. The van der Waals surface area contributed by atoms with E-state index in [1.54, 1.807) is 25.4 Å². The van der Waals surface area contributed by atoms with Crippen LogP contribution in [-0.2, 0) is 4.79 Å². The molecule has 0 aliphatic rings. The van der Waals surface area contributed by atoms with Gasteiger partial charge in [0.1, 0.15) is 5.82 Å². The van der Waals surface area contributed by atoms with E-state index in [-0.39, 0.29) is 12.3 Å². The number of rotatable bonds is 3. The van der Waals surface area contributed by atoms with Crippen LogP contribution in [0.4, 0.5) is 0 Å². The van der Waals surface area contributed by atoms with Gasteiger partial charge in [0.2, 0.25) is 0 Å². The van der Waals surface area contributed by atoms with Crippen LogP contribution in [0.2, 0.25) is 0 Å². The number of carbonyl (C=O) groups is 1. The summed E-state index contributed by atoms with van der Waals surface area (Å²) in [6.45, 7) is 1.80. The average Bonchev–Trinajstić information content (AvgIpc) is 2.05. The summed E-state index contributed by atoms with van der Waals surface area (Å²) < 4.78 is 0. The summed E-state index contributed by atoms with van der Waals surface area (Å²) in [4.78, 5) is 18.2. The van der Waals surface area contributed by atoms with Crippen molar-refractivity contribution in [3.8, 4) is 0 Å². The van der Waals surface area contributed by atoms with E-state index in [4.69, 9.17) is 5.11 Å². The Morgan fingerprint density at radius 1 is 1.58 bits per heavy atom. The van der Waals surface area contributed by atoms with Crippen molar-refractivity contribution in [1.82, 2.24) is 9.97 Å². The van der Waals surface area contributed by atoms with E-state index in [1.807, 2.05) is 0 Å². The Hall–Kier alpha value is -1.45. The lowest BCUT2D eigenvalue weighted by Gasteiger charge is -2.04. The molecule has 0 bridgehead atoms. The van der Waals surface area contributed by atoms with Gasteiger partial charge in [0.25, 0.3) is 0 Å². The van der Waals surface area contributed by atoms with E-state index in [2.05, 4.69) is 9.97 Å². The molecule has 1 unspecified atom stereocenters. The van der Waals surface area contributed by atoms with Crippen molar-refractivity contribution in [2.45, 2.75) is 19.3 Å². The molecule has 4 heteroatoms. The number of carboxylic acid groups (broad SMARTS) is 1. The summed E-state index contributed by atoms with van der Waals surface area (Å²) in [5.74, 6) is -0.362. The van der Waals surface area contributed by atoms with Crippen molar-refractivity contribution in [2.24, 2.45) is 0 Å². The predicted molar refractivity (Wildman–Crippen MR) is 42.7 cm³/mol. The van der Waals surface area contributed by atoms with Crippen LogP contribution in [0.5, 0.6) is 0 Å². The number of aromatic nitrogens is 2. The van der Waals surface area contributed by atoms with E-state index in [9.17, 15) is 4.79 Å². The Morgan fingerprint density at radius 2 is 2.17 bits per heavy atom. The summed E-state index contributed by atoms with van der Waals surface area (Å²) in [5, 5.41) is 8.49.